The lowest BCUT2D eigenvalue weighted by Gasteiger charge is -2.42. The highest BCUT2D eigenvalue weighted by atomic mass is 16.4. The molecule has 2 heteroatoms. The highest BCUT2D eigenvalue weighted by molar-refractivity contribution is 5.71. The van der Waals surface area contributed by atoms with Crippen LogP contribution < -0.4 is 0 Å². The van der Waals surface area contributed by atoms with Crippen LogP contribution in [0.15, 0.2) is 0 Å². The van der Waals surface area contributed by atoms with Crippen LogP contribution in [-0.4, -0.2) is 11.1 Å². The van der Waals surface area contributed by atoms with Gasteiger partial charge in [0.25, 0.3) is 0 Å². The maximum atomic E-state index is 11.1. The van der Waals surface area contributed by atoms with E-state index in [-0.39, 0.29) is 11.3 Å². The van der Waals surface area contributed by atoms with Gasteiger partial charge < -0.3 is 5.11 Å². The first-order valence-corrected chi connectivity index (χ1v) is 6.11. The molecule has 1 rings (SSSR count). The Hall–Kier alpha value is -0.530. The van der Waals surface area contributed by atoms with Crippen molar-refractivity contribution in [3.63, 3.8) is 0 Å². The molecule has 15 heavy (non-hydrogen) atoms. The molecule has 3 unspecified atom stereocenters. The Morgan fingerprint density at radius 1 is 1.47 bits per heavy atom. The molecule has 0 saturated heterocycles. The molecule has 3 atom stereocenters. The SMILES string of the molecule is CCC(C)C1CCC(C(=O)O)C(C)(C)C1. The Kier molecular flexibility index (Phi) is 3.80. The molecule has 0 spiro atoms. The van der Waals surface area contributed by atoms with Gasteiger partial charge in [0, 0.05) is 0 Å². The van der Waals surface area contributed by atoms with Crippen molar-refractivity contribution in [2.24, 2.45) is 23.2 Å². The van der Waals surface area contributed by atoms with Gasteiger partial charge in [-0.2, -0.15) is 0 Å². The lowest BCUT2D eigenvalue weighted by atomic mass is 9.62. The van der Waals surface area contributed by atoms with Crippen LogP contribution in [0.4, 0.5) is 0 Å². The van der Waals surface area contributed by atoms with Crippen LogP contribution in [0.3, 0.4) is 0 Å². The Morgan fingerprint density at radius 2 is 2.07 bits per heavy atom. The summed E-state index contributed by atoms with van der Waals surface area (Å²) in [4.78, 5) is 11.1. The molecule has 2 nitrogen and oxygen atoms in total. The van der Waals surface area contributed by atoms with Gasteiger partial charge in [-0.25, -0.2) is 0 Å². The highest BCUT2D eigenvalue weighted by Gasteiger charge is 2.41. The van der Waals surface area contributed by atoms with Gasteiger partial charge in [0.05, 0.1) is 5.92 Å². The summed E-state index contributed by atoms with van der Waals surface area (Å²) in [5.41, 5.74) is -0.0296. The summed E-state index contributed by atoms with van der Waals surface area (Å²) in [7, 11) is 0. The molecule has 0 radical (unpaired) electrons. The average molecular weight is 212 g/mol. The predicted octanol–water partition coefficient (Wildman–Crippen LogP) is 3.56. The Morgan fingerprint density at radius 3 is 2.47 bits per heavy atom. The minimum atomic E-state index is -0.609. The summed E-state index contributed by atoms with van der Waals surface area (Å²) >= 11 is 0. The quantitative estimate of drug-likeness (QED) is 0.776. The molecule has 0 aliphatic heterocycles. The van der Waals surface area contributed by atoms with Crippen molar-refractivity contribution < 1.29 is 9.90 Å². The third kappa shape index (κ3) is 2.73. The second kappa shape index (κ2) is 4.54. The van der Waals surface area contributed by atoms with E-state index in [9.17, 15) is 4.79 Å². The van der Waals surface area contributed by atoms with Crippen molar-refractivity contribution in [3.8, 4) is 0 Å². The first kappa shape index (κ1) is 12.5. The molecular formula is C13H24O2. The van der Waals surface area contributed by atoms with E-state index in [1.54, 1.807) is 0 Å². The largest absolute Gasteiger partial charge is 0.481 e. The van der Waals surface area contributed by atoms with Gasteiger partial charge in [0.2, 0.25) is 0 Å². The predicted molar refractivity (Wildman–Crippen MR) is 61.7 cm³/mol. The number of rotatable bonds is 3. The molecule has 0 amide bonds. The smallest absolute Gasteiger partial charge is 0.307 e. The topological polar surface area (TPSA) is 37.3 Å². The molecule has 1 saturated carbocycles. The van der Waals surface area contributed by atoms with Crippen LogP contribution in [0, 0.1) is 23.2 Å². The van der Waals surface area contributed by atoms with Gasteiger partial charge in [-0.15, -0.1) is 0 Å². The van der Waals surface area contributed by atoms with Gasteiger partial charge in [-0.1, -0.05) is 34.1 Å². The maximum absolute atomic E-state index is 11.1. The van der Waals surface area contributed by atoms with Gasteiger partial charge in [-0.05, 0) is 36.5 Å². The van der Waals surface area contributed by atoms with Crippen molar-refractivity contribution in [3.05, 3.63) is 0 Å². The van der Waals surface area contributed by atoms with Crippen molar-refractivity contribution >= 4 is 5.97 Å². The van der Waals surface area contributed by atoms with Crippen LogP contribution in [0.25, 0.3) is 0 Å². The number of hydrogen-bond acceptors (Lipinski definition) is 1. The summed E-state index contributed by atoms with van der Waals surface area (Å²) in [6.07, 6.45) is 4.23. The summed E-state index contributed by atoms with van der Waals surface area (Å²) < 4.78 is 0. The molecule has 1 fully saturated rings. The fourth-order valence-corrected chi connectivity index (χ4v) is 2.97. The first-order chi connectivity index (χ1) is 6.88. The summed E-state index contributed by atoms with van der Waals surface area (Å²) in [6.45, 7) is 8.74. The van der Waals surface area contributed by atoms with E-state index in [1.807, 2.05) is 0 Å². The molecule has 1 N–H and O–H groups in total. The van der Waals surface area contributed by atoms with Crippen LogP contribution >= 0.6 is 0 Å². The Labute approximate surface area is 93.1 Å². The number of aliphatic carboxylic acids is 1. The van der Waals surface area contributed by atoms with Crippen molar-refractivity contribution in [1.29, 1.82) is 0 Å². The molecule has 0 bridgehead atoms. The fraction of sp³-hybridized carbons (Fsp3) is 0.923. The van der Waals surface area contributed by atoms with E-state index < -0.39 is 5.97 Å². The number of carboxylic acids is 1. The van der Waals surface area contributed by atoms with Gasteiger partial charge in [0.15, 0.2) is 0 Å². The second-order valence-corrected chi connectivity index (χ2v) is 5.81. The van der Waals surface area contributed by atoms with Crippen molar-refractivity contribution in [2.75, 3.05) is 0 Å². The third-order valence-corrected chi connectivity index (χ3v) is 4.30. The Balaban J connectivity index is 2.68. The van der Waals surface area contributed by atoms with E-state index in [0.717, 1.165) is 31.1 Å². The van der Waals surface area contributed by atoms with E-state index >= 15 is 0 Å². The van der Waals surface area contributed by atoms with E-state index in [0.29, 0.717) is 0 Å². The second-order valence-electron chi connectivity index (χ2n) is 5.81. The third-order valence-electron chi connectivity index (χ3n) is 4.30. The lowest BCUT2D eigenvalue weighted by molar-refractivity contribution is -0.148. The molecule has 0 heterocycles. The van der Waals surface area contributed by atoms with Gasteiger partial charge in [-0.3, -0.25) is 4.79 Å². The van der Waals surface area contributed by atoms with Crippen LogP contribution in [0.2, 0.25) is 0 Å². The van der Waals surface area contributed by atoms with Crippen molar-refractivity contribution in [1.82, 2.24) is 0 Å². The lowest BCUT2D eigenvalue weighted by Crippen LogP contribution is -2.38. The van der Waals surface area contributed by atoms with Gasteiger partial charge >= 0.3 is 5.97 Å². The molecule has 0 aromatic heterocycles. The fourth-order valence-electron chi connectivity index (χ4n) is 2.97. The molecule has 0 aromatic rings. The van der Waals surface area contributed by atoms with E-state index in [1.165, 1.54) is 6.42 Å². The summed E-state index contributed by atoms with van der Waals surface area (Å²) in [6, 6.07) is 0. The van der Waals surface area contributed by atoms with Gasteiger partial charge in [0.1, 0.15) is 0 Å². The molecule has 1 aliphatic carbocycles. The molecule has 1 aliphatic rings. The standard InChI is InChI=1S/C13H24O2/c1-5-9(2)10-6-7-11(12(14)15)13(3,4)8-10/h9-11H,5-8H2,1-4H3,(H,14,15). The summed E-state index contributed by atoms with van der Waals surface area (Å²) in [5, 5.41) is 9.16. The van der Waals surface area contributed by atoms with E-state index in [2.05, 4.69) is 27.7 Å². The normalized spacial score (nSPS) is 32.3. The maximum Gasteiger partial charge on any atom is 0.307 e. The zero-order valence-electron chi connectivity index (χ0n) is 10.4. The van der Waals surface area contributed by atoms with Crippen LogP contribution in [0.5, 0.6) is 0 Å². The molecule has 0 aromatic carbocycles. The minimum absolute atomic E-state index is 0.0296. The zero-order valence-corrected chi connectivity index (χ0v) is 10.4. The number of carboxylic acid groups (broad SMARTS) is 1. The molecule has 88 valence electrons. The number of hydrogen-bond donors (Lipinski definition) is 1. The first-order valence-electron chi connectivity index (χ1n) is 6.11. The zero-order chi connectivity index (χ0) is 11.6. The Bertz CT molecular complexity index is 233. The summed E-state index contributed by atoms with van der Waals surface area (Å²) in [5.74, 6) is 0.708. The van der Waals surface area contributed by atoms with Crippen LogP contribution in [0.1, 0.15) is 53.4 Å². The van der Waals surface area contributed by atoms with Crippen LogP contribution in [-0.2, 0) is 4.79 Å². The highest BCUT2D eigenvalue weighted by Crippen LogP contribution is 2.46. The monoisotopic (exact) mass is 212 g/mol. The van der Waals surface area contributed by atoms with E-state index in [4.69, 9.17) is 5.11 Å². The molecular weight excluding hydrogens is 188 g/mol. The van der Waals surface area contributed by atoms with Crippen molar-refractivity contribution in [2.45, 2.75) is 53.4 Å². The number of carbonyl (C=O) groups is 1. The minimum Gasteiger partial charge on any atom is -0.481 e. The average Bonchev–Trinajstić information content (AvgIpc) is 2.14.